The highest BCUT2D eigenvalue weighted by Gasteiger charge is 2.16. The zero-order valence-electron chi connectivity index (χ0n) is 12.0. The molecule has 2 aromatic rings. The van der Waals surface area contributed by atoms with E-state index in [1.54, 1.807) is 6.07 Å². The number of aromatic nitrogens is 1. The van der Waals surface area contributed by atoms with E-state index < -0.39 is 5.97 Å². The van der Waals surface area contributed by atoms with E-state index in [0.29, 0.717) is 5.56 Å². The van der Waals surface area contributed by atoms with E-state index in [-0.39, 0.29) is 22.9 Å². The summed E-state index contributed by atoms with van der Waals surface area (Å²) in [5.41, 5.74) is 2.40. The molecule has 1 aromatic carbocycles. The number of rotatable bonds is 3. The molecule has 1 amide bonds. The van der Waals surface area contributed by atoms with E-state index in [0.717, 1.165) is 17.5 Å². The Morgan fingerprint density at radius 2 is 1.86 bits per heavy atom. The van der Waals surface area contributed by atoms with Gasteiger partial charge in [-0.25, -0.2) is 4.79 Å². The van der Waals surface area contributed by atoms with Gasteiger partial charge in [-0.2, -0.15) is 0 Å². The van der Waals surface area contributed by atoms with Crippen molar-refractivity contribution in [1.29, 1.82) is 0 Å². The monoisotopic (exact) mass is 288 g/mol. The summed E-state index contributed by atoms with van der Waals surface area (Å²) in [7, 11) is 1.86. The Bertz CT molecular complexity index is 732. The third kappa shape index (κ3) is 2.74. The SMILES string of the molecule is Cc1cc(C(=O)Nc2ccc(C(=O)O)cc2O)c(C)n1C. The number of benzene rings is 1. The molecule has 0 unspecified atom stereocenters. The van der Waals surface area contributed by atoms with Gasteiger partial charge in [-0.15, -0.1) is 0 Å². The fourth-order valence-electron chi connectivity index (χ4n) is 2.05. The van der Waals surface area contributed by atoms with Crippen LogP contribution in [0.25, 0.3) is 0 Å². The first-order valence-corrected chi connectivity index (χ1v) is 6.32. The third-order valence-electron chi connectivity index (χ3n) is 3.51. The number of aromatic carboxylic acids is 1. The first-order chi connectivity index (χ1) is 9.81. The first kappa shape index (κ1) is 14.6. The average molecular weight is 288 g/mol. The molecule has 0 aliphatic rings. The second-order valence-electron chi connectivity index (χ2n) is 4.84. The second kappa shape index (κ2) is 5.32. The Morgan fingerprint density at radius 1 is 1.19 bits per heavy atom. The summed E-state index contributed by atoms with van der Waals surface area (Å²) in [4.78, 5) is 23.0. The van der Waals surface area contributed by atoms with Crippen molar-refractivity contribution in [3.63, 3.8) is 0 Å². The van der Waals surface area contributed by atoms with Crippen molar-refractivity contribution in [3.05, 3.63) is 46.8 Å². The van der Waals surface area contributed by atoms with Gasteiger partial charge in [0, 0.05) is 18.4 Å². The van der Waals surface area contributed by atoms with Gasteiger partial charge in [0.15, 0.2) is 0 Å². The van der Waals surface area contributed by atoms with E-state index in [1.807, 2.05) is 25.5 Å². The number of carboxylic acid groups (broad SMARTS) is 1. The first-order valence-electron chi connectivity index (χ1n) is 6.32. The molecular weight excluding hydrogens is 272 g/mol. The van der Waals surface area contributed by atoms with Crippen LogP contribution in [0.15, 0.2) is 24.3 Å². The van der Waals surface area contributed by atoms with Crippen molar-refractivity contribution < 1.29 is 19.8 Å². The number of hydrogen-bond donors (Lipinski definition) is 3. The van der Waals surface area contributed by atoms with E-state index in [2.05, 4.69) is 5.32 Å². The molecule has 0 radical (unpaired) electrons. The molecule has 0 saturated carbocycles. The van der Waals surface area contributed by atoms with E-state index in [1.165, 1.54) is 12.1 Å². The summed E-state index contributed by atoms with van der Waals surface area (Å²) in [6, 6.07) is 5.54. The van der Waals surface area contributed by atoms with Crippen LogP contribution >= 0.6 is 0 Å². The number of carboxylic acids is 1. The van der Waals surface area contributed by atoms with Gasteiger partial charge in [-0.05, 0) is 38.1 Å². The number of phenolic OH excluding ortho intramolecular Hbond substituents is 1. The number of phenols is 1. The molecule has 2 rings (SSSR count). The second-order valence-corrected chi connectivity index (χ2v) is 4.84. The lowest BCUT2D eigenvalue weighted by molar-refractivity contribution is 0.0696. The maximum absolute atomic E-state index is 12.2. The predicted octanol–water partition coefficient (Wildman–Crippen LogP) is 2.30. The largest absolute Gasteiger partial charge is 0.506 e. The Labute approximate surface area is 121 Å². The van der Waals surface area contributed by atoms with E-state index in [9.17, 15) is 14.7 Å². The number of carbonyl (C=O) groups is 2. The lowest BCUT2D eigenvalue weighted by atomic mass is 10.1. The predicted molar refractivity (Wildman–Crippen MR) is 77.9 cm³/mol. The Hall–Kier alpha value is -2.76. The van der Waals surface area contributed by atoms with Crippen LogP contribution in [-0.4, -0.2) is 26.7 Å². The summed E-state index contributed by atoms with van der Waals surface area (Å²) >= 11 is 0. The third-order valence-corrected chi connectivity index (χ3v) is 3.51. The van der Waals surface area contributed by atoms with Crippen molar-refractivity contribution in [2.24, 2.45) is 7.05 Å². The minimum absolute atomic E-state index is 0.0442. The van der Waals surface area contributed by atoms with Crippen molar-refractivity contribution >= 4 is 17.6 Å². The van der Waals surface area contributed by atoms with Crippen LogP contribution in [-0.2, 0) is 7.05 Å². The van der Waals surface area contributed by atoms with Gasteiger partial charge in [-0.3, -0.25) is 4.79 Å². The Balaban J connectivity index is 2.27. The van der Waals surface area contributed by atoms with Gasteiger partial charge >= 0.3 is 5.97 Å². The Kier molecular flexibility index (Phi) is 3.71. The molecule has 0 aliphatic heterocycles. The lowest BCUT2D eigenvalue weighted by Crippen LogP contribution is -2.13. The summed E-state index contributed by atoms with van der Waals surface area (Å²) in [6.45, 7) is 3.72. The molecule has 0 aliphatic carbocycles. The highest BCUT2D eigenvalue weighted by Crippen LogP contribution is 2.25. The number of carbonyl (C=O) groups excluding carboxylic acids is 1. The van der Waals surface area contributed by atoms with Gasteiger partial charge < -0.3 is 20.1 Å². The molecule has 0 saturated heterocycles. The molecule has 6 nitrogen and oxygen atoms in total. The summed E-state index contributed by atoms with van der Waals surface area (Å²) in [5.74, 6) is -1.78. The highest BCUT2D eigenvalue weighted by molar-refractivity contribution is 6.06. The maximum atomic E-state index is 12.2. The van der Waals surface area contributed by atoms with Crippen LogP contribution in [0.4, 0.5) is 5.69 Å². The molecule has 21 heavy (non-hydrogen) atoms. The van der Waals surface area contributed by atoms with Crippen LogP contribution in [0, 0.1) is 13.8 Å². The number of aryl methyl sites for hydroxylation is 1. The van der Waals surface area contributed by atoms with Gasteiger partial charge in [-0.1, -0.05) is 0 Å². The van der Waals surface area contributed by atoms with Gasteiger partial charge in [0.25, 0.3) is 5.91 Å². The average Bonchev–Trinajstić information content (AvgIpc) is 2.68. The zero-order valence-corrected chi connectivity index (χ0v) is 12.0. The molecule has 0 atom stereocenters. The summed E-state index contributed by atoms with van der Waals surface area (Å²) in [5, 5.41) is 21.2. The van der Waals surface area contributed by atoms with Gasteiger partial charge in [0.1, 0.15) is 5.75 Å². The number of nitrogens with zero attached hydrogens (tertiary/aromatic N) is 1. The fourth-order valence-corrected chi connectivity index (χ4v) is 2.05. The number of nitrogens with one attached hydrogen (secondary N) is 1. The summed E-state index contributed by atoms with van der Waals surface area (Å²) in [6.07, 6.45) is 0. The fraction of sp³-hybridized carbons (Fsp3) is 0.200. The van der Waals surface area contributed by atoms with Crippen LogP contribution in [0.2, 0.25) is 0 Å². The van der Waals surface area contributed by atoms with Crippen LogP contribution in [0.1, 0.15) is 32.1 Å². The molecule has 6 heteroatoms. The maximum Gasteiger partial charge on any atom is 0.335 e. The minimum Gasteiger partial charge on any atom is -0.506 e. The van der Waals surface area contributed by atoms with Crippen molar-refractivity contribution in [2.45, 2.75) is 13.8 Å². The smallest absolute Gasteiger partial charge is 0.335 e. The van der Waals surface area contributed by atoms with Crippen molar-refractivity contribution in [3.8, 4) is 5.75 Å². The number of hydrogen-bond acceptors (Lipinski definition) is 3. The van der Waals surface area contributed by atoms with Crippen molar-refractivity contribution in [2.75, 3.05) is 5.32 Å². The number of amides is 1. The molecule has 0 fully saturated rings. The van der Waals surface area contributed by atoms with Gasteiger partial charge in [0.2, 0.25) is 0 Å². The summed E-state index contributed by atoms with van der Waals surface area (Å²) < 4.78 is 1.89. The lowest BCUT2D eigenvalue weighted by Gasteiger charge is -2.08. The quantitative estimate of drug-likeness (QED) is 0.756. The number of aromatic hydroxyl groups is 1. The topological polar surface area (TPSA) is 91.6 Å². The molecular formula is C15H16N2O4. The standard InChI is InChI=1S/C15H16N2O4/c1-8-6-11(9(2)17(8)3)14(19)16-12-5-4-10(15(20)21)7-13(12)18/h4-7,18H,1-3H3,(H,16,19)(H,20,21). The number of anilines is 1. The van der Waals surface area contributed by atoms with Crippen LogP contribution < -0.4 is 5.32 Å². The molecule has 1 heterocycles. The zero-order chi connectivity index (χ0) is 15.7. The van der Waals surface area contributed by atoms with Crippen LogP contribution in [0.3, 0.4) is 0 Å². The molecule has 3 N–H and O–H groups in total. The normalized spacial score (nSPS) is 10.4. The van der Waals surface area contributed by atoms with Crippen LogP contribution in [0.5, 0.6) is 5.75 Å². The van der Waals surface area contributed by atoms with E-state index >= 15 is 0 Å². The highest BCUT2D eigenvalue weighted by atomic mass is 16.4. The minimum atomic E-state index is -1.14. The van der Waals surface area contributed by atoms with Gasteiger partial charge in [0.05, 0.1) is 16.8 Å². The van der Waals surface area contributed by atoms with E-state index in [4.69, 9.17) is 5.11 Å². The molecule has 0 bridgehead atoms. The molecule has 110 valence electrons. The molecule has 1 aromatic heterocycles. The molecule has 0 spiro atoms. The Morgan fingerprint density at radius 3 is 2.33 bits per heavy atom. The van der Waals surface area contributed by atoms with Crippen molar-refractivity contribution in [1.82, 2.24) is 4.57 Å².